The molecule has 1 N–H and O–H groups in total. The molecule has 0 unspecified atom stereocenters. The number of carbonyl (C=O) groups is 2. The number of nitrogens with one attached hydrogen (secondary N) is 1. The molecule has 0 aliphatic heterocycles. The molecule has 2 heterocycles. The van der Waals surface area contributed by atoms with Gasteiger partial charge in [-0.3, -0.25) is 4.79 Å². The minimum absolute atomic E-state index is 0.0681. The molecule has 0 bridgehead atoms. The van der Waals surface area contributed by atoms with Gasteiger partial charge in [-0.2, -0.15) is 0 Å². The van der Waals surface area contributed by atoms with Crippen LogP contribution in [0, 0.1) is 13.8 Å². The summed E-state index contributed by atoms with van der Waals surface area (Å²) in [5.41, 5.74) is 2.16. The number of aromatic amines is 1. The Morgan fingerprint density at radius 2 is 2.10 bits per heavy atom. The van der Waals surface area contributed by atoms with E-state index in [1.165, 1.54) is 18.9 Å². The van der Waals surface area contributed by atoms with Crippen molar-refractivity contribution < 1.29 is 14.3 Å². The summed E-state index contributed by atoms with van der Waals surface area (Å²) < 4.78 is 4.73. The number of nitrogens with zero attached hydrogens (tertiary/aromatic N) is 1. The first kappa shape index (κ1) is 15.3. The predicted molar refractivity (Wildman–Crippen MR) is 80.9 cm³/mol. The molecule has 2 rings (SSSR count). The van der Waals surface area contributed by atoms with E-state index in [4.69, 9.17) is 4.74 Å². The van der Waals surface area contributed by atoms with Crippen molar-refractivity contribution in [3.8, 4) is 0 Å². The molecule has 6 heteroatoms. The highest BCUT2D eigenvalue weighted by Gasteiger charge is 2.22. The molecule has 2 aromatic rings. The van der Waals surface area contributed by atoms with Gasteiger partial charge in [0.1, 0.15) is 0 Å². The minimum Gasteiger partial charge on any atom is -0.465 e. The Morgan fingerprint density at radius 3 is 2.71 bits per heavy atom. The number of aryl methyl sites for hydroxylation is 1. The van der Waals surface area contributed by atoms with E-state index in [1.807, 2.05) is 18.2 Å². The van der Waals surface area contributed by atoms with E-state index in [0.717, 1.165) is 5.03 Å². The molecule has 110 valence electrons. The van der Waals surface area contributed by atoms with Crippen molar-refractivity contribution in [2.75, 3.05) is 12.9 Å². The number of methoxy groups -OCH3 is 1. The Hall–Kier alpha value is -2.08. The second-order valence-electron chi connectivity index (χ2n) is 4.50. The number of esters is 1. The number of ether oxygens (including phenoxy) is 1. The Labute approximate surface area is 127 Å². The topological polar surface area (TPSA) is 72.1 Å². The molecule has 2 aromatic heterocycles. The normalized spacial score (nSPS) is 10.4. The van der Waals surface area contributed by atoms with Crippen LogP contribution in [-0.4, -0.2) is 34.6 Å². The van der Waals surface area contributed by atoms with Crippen molar-refractivity contribution in [1.29, 1.82) is 0 Å². The van der Waals surface area contributed by atoms with Gasteiger partial charge in [0.2, 0.25) is 0 Å². The zero-order chi connectivity index (χ0) is 15.4. The number of hydrogen-bond donors (Lipinski definition) is 1. The molecule has 0 aliphatic carbocycles. The van der Waals surface area contributed by atoms with Gasteiger partial charge in [0.05, 0.1) is 29.1 Å². The first-order valence-corrected chi connectivity index (χ1v) is 7.37. The number of aromatic nitrogens is 2. The van der Waals surface area contributed by atoms with E-state index in [-0.39, 0.29) is 11.5 Å². The lowest BCUT2D eigenvalue weighted by atomic mass is 10.1. The fraction of sp³-hybridized carbons (Fsp3) is 0.267. The lowest BCUT2D eigenvalue weighted by Crippen LogP contribution is -2.07. The largest absolute Gasteiger partial charge is 0.465 e. The van der Waals surface area contributed by atoms with E-state index in [9.17, 15) is 9.59 Å². The van der Waals surface area contributed by atoms with Crippen LogP contribution < -0.4 is 0 Å². The van der Waals surface area contributed by atoms with Crippen LogP contribution in [0.25, 0.3) is 0 Å². The summed E-state index contributed by atoms with van der Waals surface area (Å²) in [5, 5.41) is 0.792. The summed E-state index contributed by atoms with van der Waals surface area (Å²) in [6.45, 7) is 3.50. The van der Waals surface area contributed by atoms with E-state index >= 15 is 0 Å². The summed E-state index contributed by atoms with van der Waals surface area (Å²) in [5.74, 6) is -0.239. The fourth-order valence-corrected chi connectivity index (χ4v) is 2.81. The van der Waals surface area contributed by atoms with Gasteiger partial charge in [0.15, 0.2) is 5.78 Å². The first-order chi connectivity index (χ1) is 10.0. The summed E-state index contributed by atoms with van der Waals surface area (Å²) >= 11 is 1.36. The highest BCUT2D eigenvalue weighted by Crippen LogP contribution is 2.22. The highest BCUT2D eigenvalue weighted by atomic mass is 32.2. The molecule has 0 spiro atoms. The number of hydrogen-bond acceptors (Lipinski definition) is 5. The van der Waals surface area contributed by atoms with Gasteiger partial charge in [-0.25, -0.2) is 9.78 Å². The molecule has 21 heavy (non-hydrogen) atoms. The molecule has 0 saturated heterocycles. The third-order valence-corrected chi connectivity index (χ3v) is 4.04. The SMILES string of the molecule is COC(=O)c1c(C)[nH]c(C(=O)CSc2ccccn2)c1C. The van der Waals surface area contributed by atoms with Gasteiger partial charge < -0.3 is 9.72 Å². The van der Waals surface area contributed by atoms with Crippen LogP contribution in [0.3, 0.4) is 0 Å². The van der Waals surface area contributed by atoms with E-state index < -0.39 is 5.97 Å². The van der Waals surface area contributed by atoms with Crippen molar-refractivity contribution >= 4 is 23.5 Å². The standard InChI is InChI=1S/C15H16N2O3S/c1-9-13(15(19)20-3)10(2)17-14(9)11(18)8-21-12-6-4-5-7-16-12/h4-7,17H,8H2,1-3H3. The average Bonchev–Trinajstić information content (AvgIpc) is 2.80. The van der Waals surface area contributed by atoms with Crippen LogP contribution in [-0.2, 0) is 4.74 Å². The predicted octanol–water partition coefficient (Wildman–Crippen LogP) is 2.79. The fourth-order valence-electron chi connectivity index (χ4n) is 2.08. The Bertz CT molecular complexity index is 665. The monoisotopic (exact) mass is 304 g/mol. The Kier molecular flexibility index (Phi) is 4.80. The maximum atomic E-state index is 12.3. The van der Waals surface area contributed by atoms with Crippen molar-refractivity contribution in [2.24, 2.45) is 0 Å². The second-order valence-corrected chi connectivity index (χ2v) is 5.49. The van der Waals surface area contributed by atoms with E-state index in [1.54, 1.807) is 20.0 Å². The zero-order valence-electron chi connectivity index (χ0n) is 12.1. The quantitative estimate of drug-likeness (QED) is 0.522. The van der Waals surface area contributed by atoms with Gasteiger partial charge in [-0.05, 0) is 31.5 Å². The van der Waals surface area contributed by atoms with E-state index in [2.05, 4.69) is 9.97 Å². The molecule has 0 aromatic carbocycles. The number of rotatable bonds is 5. The number of thioether (sulfide) groups is 1. The summed E-state index contributed by atoms with van der Waals surface area (Å²) in [7, 11) is 1.33. The lowest BCUT2D eigenvalue weighted by Gasteiger charge is -2.01. The summed E-state index contributed by atoms with van der Waals surface area (Å²) in [4.78, 5) is 31.1. The van der Waals surface area contributed by atoms with Crippen molar-refractivity contribution in [3.63, 3.8) is 0 Å². The molecule has 5 nitrogen and oxygen atoms in total. The van der Waals surface area contributed by atoms with Crippen molar-refractivity contribution in [3.05, 3.63) is 46.9 Å². The second kappa shape index (κ2) is 6.58. The molecule has 0 aliphatic rings. The molecule has 0 saturated carbocycles. The number of ketones is 1. The molecule has 0 amide bonds. The van der Waals surface area contributed by atoms with Gasteiger partial charge in [-0.1, -0.05) is 17.8 Å². The Morgan fingerprint density at radius 1 is 1.33 bits per heavy atom. The van der Waals surface area contributed by atoms with Crippen LogP contribution in [0.5, 0.6) is 0 Å². The van der Waals surface area contributed by atoms with Gasteiger partial charge in [0.25, 0.3) is 0 Å². The van der Waals surface area contributed by atoms with Crippen LogP contribution >= 0.6 is 11.8 Å². The van der Waals surface area contributed by atoms with Crippen molar-refractivity contribution in [1.82, 2.24) is 9.97 Å². The van der Waals surface area contributed by atoms with Gasteiger partial charge in [0, 0.05) is 11.9 Å². The molecule has 0 fully saturated rings. The van der Waals surface area contributed by atoms with Crippen LogP contribution in [0.15, 0.2) is 29.4 Å². The Balaban J connectivity index is 2.15. The molecular weight excluding hydrogens is 288 g/mol. The van der Waals surface area contributed by atoms with Crippen molar-refractivity contribution in [2.45, 2.75) is 18.9 Å². The third-order valence-electron chi connectivity index (χ3n) is 3.09. The number of H-pyrrole nitrogens is 1. The summed E-state index contributed by atoms with van der Waals surface area (Å²) in [6, 6.07) is 5.55. The van der Waals surface area contributed by atoms with Gasteiger partial charge in [-0.15, -0.1) is 0 Å². The van der Waals surface area contributed by atoms with Gasteiger partial charge >= 0.3 is 5.97 Å². The average molecular weight is 304 g/mol. The third kappa shape index (κ3) is 3.33. The van der Waals surface area contributed by atoms with Crippen LogP contribution in [0.1, 0.15) is 32.1 Å². The minimum atomic E-state index is -0.433. The van der Waals surface area contributed by atoms with Crippen LogP contribution in [0.2, 0.25) is 0 Å². The number of Topliss-reactive ketones (excluding diaryl/α,β-unsaturated/α-hetero) is 1. The zero-order valence-corrected chi connectivity index (χ0v) is 12.9. The molecule has 0 atom stereocenters. The smallest absolute Gasteiger partial charge is 0.339 e. The summed E-state index contributed by atoms with van der Waals surface area (Å²) in [6.07, 6.45) is 1.69. The number of carbonyl (C=O) groups excluding carboxylic acids is 2. The number of pyridine rings is 1. The van der Waals surface area contributed by atoms with E-state index in [0.29, 0.717) is 22.5 Å². The highest BCUT2D eigenvalue weighted by molar-refractivity contribution is 7.99. The molecular formula is C15H16N2O3S. The molecule has 0 radical (unpaired) electrons. The lowest BCUT2D eigenvalue weighted by molar-refractivity contribution is 0.0599. The first-order valence-electron chi connectivity index (χ1n) is 6.39. The maximum absolute atomic E-state index is 12.3. The van der Waals surface area contributed by atoms with Crippen LogP contribution in [0.4, 0.5) is 0 Å². The maximum Gasteiger partial charge on any atom is 0.339 e.